The number of hydrogen-bond donors (Lipinski definition) is 1. The second-order valence-corrected chi connectivity index (χ2v) is 7.25. The fourth-order valence-corrected chi connectivity index (χ4v) is 4.23. The van der Waals surface area contributed by atoms with E-state index in [9.17, 15) is 14.7 Å². The Hall–Kier alpha value is -1.84. The Labute approximate surface area is 143 Å². The van der Waals surface area contributed by atoms with Crippen LogP contribution >= 0.6 is 0 Å². The van der Waals surface area contributed by atoms with Crippen molar-refractivity contribution in [1.29, 1.82) is 0 Å². The molecule has 3 rings (SSSR count). The number of rotatable bonds is 3. The minimum atomic E-state index is -0.795. The van der Waals surface area contributed by atoms with E-state index >= 15 is 0 Å². The van der Waals surface area contributed by atoms with E-state index in [1.54, 1.807) is 0 Å². The Morgan fingerprint density at radius 3 is 2.17 bits per heavy atom. The molecule has 1 aromatic carbocycles. The molecule has 0 spiro atoms. The van der Waals surface area contributed by atoms with Crippen molar-refractivity contribution < 1.29 is 14.7 Å². The second-order valence-electron chi connectivity index (χ2n) is 7.25. The summed E-state index contributed by atoms with van der Waals surface area (Å²) in [5.74, 6) is -1.11. The van der Waals surface area contributed by atoms with Gasteiger partial charge in [0.25, 0.3) is 0 Å². The predicted molar refractivity (Wildman–Crippen MR) is 92.7 cm³/mol. The van der Waals surface area contributed by atoms with Gasteiger partial charge in [0.15, 0.2) is 0 Å². The molecule has 1 aliphatic heterocycles. The monoisotopic (exact) mass is 329 g/mol. The molecule has 1 heterocycles. The number of benzene rings is 1. The van der Waals surface area contributed by atoms with Gasteiger partial charge >= 0.3 is 5.97 Å². The molecule has 2 atom stereocenters. The molecule has 24 heavy (non-hydrogen) atoms. The SMILES string of the molecule is O=C(O)[C@@H]1CN(C(=O)C2CCCCCCC2)C[C@@H]1c1ccccc1. The molecule has 0 aromatic heterocycles. The van der Waals surface area contributed by atoms with Crippen LogP contribution in [-0.2, 0) is 9.59 Å². The van der Waals surface area contributed by atoms with E-state index < -0.39 is 11.9 Å². The molecule has 2 fully saturated rings. The largest absolute Gasteiger partial charge is 0.481 e. The summed E-state index contributed by atoms with van der Waals surface area (Å²) >= 11 is 0. The first kappa shape index (κ1) is 17.0. The van der Waals surface area contributed by atoms with Crippen LogP contribution in [0.25, 0.3) is 0 Å². The Morgan fingerprint density at radius 2 is 1.54 bits per heavy atom. The van der Waals surface area contributed by atoms with Crippen molar-refractivity contribution in [1.82, 2.24) is 4.90 Å². The molecule has 2 aliphatic rings. The van der Waals surface area contributed by atoms with Crippen LogP contribution in [0.1, 0.15) is 56.4 Å². The average molecular weight is 329 g/mol. The molecule has 1 aliphatic carbocycles. The van der Waals surface area contributed by atoms with E-state index in [2.05, 4.69) is 0 Å². The fraction of sp³-hybridized carbons (Fsp3) is 0.600. The lowest BCUT2D eigenvalue weighted by Crippen LogP contribution is -2.35. The first-order chi connectivity index (χ1) is 11.7. The minimum Gasteiger partial charge on any atom is -0.481 e. The van der Waals surface area contributed by atoms with E-state index in [4.69, 9.17) is 0 Å². The molecule has 0 bridgehead atoms. The lowest BCUT2D eigenvalue weighted by molar-refractivity contribution is -0.142. The van der Waals surface area contributed by atoms with Crippen LogP contribution in [0.2, 0.25) is 0 Å². The number of aliphatic carboxylic acids is 1. The zero-order valence-corrected chi connectivity index (χ0v) is 14.2. The van der Waals surface area contributed by atoms with E-state index in [1.807, 2.05) is 35.2 Å². The van der Waals surface area contributed by atoms with Gasteiger partial charge in [-0.3, -0.25) is 9.59 Å². The number of carbonyl (C=O) groups excluding carboxylic acids is 1. The van der Waals surface area contributed by atoms with Gasteiger partial charge in [-0.15, -0.1) is 0 Å². The van der Waals surface area contributed by atoms with Crippen molar-refractivity contribution in [3.63, 3.8) is 0 Å². The summed E-state index contributed by atoms with van der Waals surface area (Å²) < 4.78 is 0. The minimum absolute atomic E-state index is 0.0919. The quantitative estimate of drug-likeness (QED) is 0.920. The van der Waals surface area contributed by atoms with Gasteiger partial charge in [-0.2, -0.15) is 0 Å². The van der Waals surface area contributed by atoms with Crippen molar-refractivity contribution in [2.45, 2.75) is 50.9 Å². The highest BCUT2D eigenvalue weighted by Crippen LogP contribution is 2.35. The van der Waals surface area contributed by atoms with Crippen LogP contribution in [0.5, 0.6) is 0 Å². The van der Waals surface area contributed by atoms with Crippen molar-refractivity contribution >= 4 is 11.9 Å². The molecule has 0 unspecified atom stereocenters. The maximum Gasteiger partial charge on any atom is 0.308 e. The lowest BCUT2D eigenvalue weighted by Gasteiger charge is -2.25. The van der Waals surface area contributed by atoms with E-state index in [1.165, 1.54) is 19.3 Å². The predicted octanol–water partition coefficient (Wildman–Crippen LogP) is 3.67. The normalized spacial score (nSPS) is 25.9. The summed E-state index contributed by atoms with van der Waals surface area (Å²) in [5.41, 5.74) is 1.03. The van der Waals surface area contributed by atoms with Crippen molar-refractivity contribution in [3.05, 3.63) is 35.9 Å². The molecule has 1 aromatic rings. The standard InChI is InChI=1S/C20H27NO3/c22-19(16-11-5-2-1-3-6-12-16)21-13-17(18(14-21)20(23)24)15-9-7-4-8-10-15/h4,7-10,16-18H,1-3,5-6,11-14H2,(H,23,24)/t17-,18-/m1/s1. The number of carboxylic acids is 1. The zero-order chi connectivity index (χ0) is 16.9. The highest BCUT2D eigenvalue weighted by molar-refractivity contribution is 5.81. The summed E-state index contributed by atoms with van der Waals surface area (Å²) in [4.78, 5) is 26.5. The maximum atomic E-state index is 12.9. The number of nitrogens with zero attached hydrogens (tertiary/aromatic N) is 1. The third-order valence-corrected chi connectivity index (χ3v) is 5.63. The summed E-state index contributed by atoms with van der Waals surface area (Å²) in [7, 11) is 0. The molecule has 1 saturated heterocycles. The van der Waals surface area contributed by atoms with Crippen LogP contribution in [-0.4, -0.2) is 35.0 Å². The third kappa shape index (κ3) is 3.80. The molecule has 0 radical (unpaired) electrons. The van der Waals surface area contributed by atoms with Gasteiger partial charge in [0, 0.05) is 24.9 Å². The zero-order valence-electron chi connectivity index (χ0n) is 14.2. The van der Waals surface area contributed by atoms with Crippen molar-refractivity contribution in [3.8, 4) is 0 Å². The van der Waals surface area contributed by atoms with Crippen LogP contribution in [0.4, 0.5) is 0 Å². The molecule has 1 N–H and O–H groups in total. The maximum absolute atomic E-state index is 12.9. The molecule has 1 amide bonds. The lowest BCUT2D eigenvalue weighted by atomic mass is 9.89. The van der Waals surface area contributed by atoms with Crippen LogP contribution in [0.3, 0.4) is 0 Å². The smallest absolute Gasteiger partial charge is 0.308 e. The van der Waals surface area contributed by atoms with Gasteiger partial charge in [0.05, 0.1) is 5.92 Å². The highest BCUT2D eigenvalue weighted by Gasteiger charge is 2.41. The second kappa shape index (κ2) is 7.82. The van der Waals surface area contributed by atoms with E-state index in [0.717, 1.165) is 31.2 Å². The van der Waals surface area contributed by atoms with Gasteiger partial charge < -0.3 is 10.0 Å². The van der Waals surface area contributed by atoms with E-state index in [-0.39, 0.29) is 17.7 Å². The number of hydrogen-bond acceptors (Lipinski definition) is 2. The van der Waals surface area contributed by atoms with Crippen molar-refractivity contribution in [2.24, 2.45) is 11.8 Å². The van der Waals surface area contributed by atoms with E-state index in [0.29, 0.717) is 13.1 Å². The molecule has 4 heteroatoms. The average Bonchev–Trinajstić information content (AvgIpc) is 3.00. The summed E-state index contributed by atoms with van der Waals surface area (Å²) in [6, 6.07) is 9.77. The molecule has 1 saturated carbocycles. The fourth-order valence-electron chi connectivity index (χ4n) is 4.23. The van der Waals surface area contributed by atoms with Gasteiger partial charge in [0.1, 0.15) is 0 Å². The summed E-state index contributed by atoms with van der Waals surface area (Å²) in [5, 5.41) is 9.60. The van der Waals surface area contributed by atoms with Gasteiger partial charge in [-0.1, -0.05) is 62.4 Å². The first-order valence-electron chi connectivity index (χ1n) is 9.23. The number of amides is 1. The van der Waals surface area contributed by atoms with Gasteiger partial charge in [-0.25, -0.2) is 0 Å². The first-order valence-corrected chi connectivity index (χ1v) is 9.23. The molecule has 130 valence electrons. The Morgan fingerprint density at radius 1 is 0.917 bits per heavy atom. The van der Waals surface area contributed by atoms with Gasteiger partial charge in [0.2, 0.25) is 5.91 Å². The van der Waals surface area contributed by atoms with Crippen LogP contribution in [0, 0.1) is 11.8 Å². The van der Waals surface area contributed by atoms with Crippen molar-refractivity contribution in [2.75, 3.05) is 13.1 Å². The number of carboxylic acid groups (broad SMARTS) is 1. The molecule has 4 nitrogen and oxygen atoms in total. The molecular formula is C20H27NO3. The Bertz CT molecular complexity index is 564. The van der Waals surface area contributed by atoms with Crippen LogP contribution < -0.4 is 0 Å². The topological polar surface area (TPSA) is 57.6 Å². The Balaban J connectivity index is 1.72. The molecular weight excluding hydrogens is 302 g/mol. The highest BCUT2D eigenvalue weighted by atomic mass is 16.4. The number of carbonyl (C=O) groups is 2. The third-order valence-electron chi connectivity index (χ3n) is 5.63. The Kier molecular flexibility index (Phi) is 5.54. The summed E-state index contributed by atoms with van der Waals surface area (Å²) in [6.07, 6.45) is 7.87. The van der Waals surface area contributed by atoms with Crippen LogP contribution in [0.15, 0.2) is 30.3 Å². The summed E-state index contributed by atoms with van der Waals surface area (Å²) in [6.45, 7) is 0.889. The number of likely N-dealkylation sites (tertiary alicyclic amines) is 1. The van der Waals surface area contributed by atoms with Gasteiger partial charge in [-0.05, 0) is 18.4 Å².